The van der Waals surface area contributed by atoms with Gasteiger partial charge in [-0.3, -0.25) is 9.59 Å². The highest BCUT2D eigenvalue weighted by Crippen LogP contribution is 2.39. The van der Waals surface area contributed by atoms with E-state index in [0.717, 1.165) is 60.6 Å². The van der Waals surface area contributed by atoms with Gasteiger partial charge in [0, 0.05) is 71.7 Å². The minimum Gasteiger partial charge on any atom is -0.494 e. The molecule has 2 unspecified atom stereocenters. The van der Waals surface area contributed by atoms with Crippen LogP contribution in [-0.4, -0.2) is 136 Å². The number of nitrogens with one attached hydrogen (secondary N) is 4. The number of anilines is 8. The fourth-order valence-corrected chi connectivity index (χ4v) is 8.12. The van der Waals surface area contributed by atoms with Gasteiger partial charge in [-0.05, 0) is 103 Å². The van der Waals surface area contributed by atoms with E-state index in [4.69, 9.17) is 34.7 Å². The Labute approximate surface area is 451 Å². The van der Waals surface area contributed by atoms with Crippen LogP contribution in [0.2, 0.25) is 0 Å². The molecule has 77 heavy (non-hydrogen) atoms. The van der Waals surface area contributed by atoms with Gasteiger partial charge in [0.15, 0.2) is 34.9 Å². The minimum absolute atomic E-state index is 0.0377. The molecule has 21 nitrogen and oxygen atoms in total. The molecular weight excluding hydrogens is 975 g/mol. The predicted molar refractivity (Wildman–Crippen MR) is 303 cm³/mol. The van der Waals surface area contributed by atoms with Gasteiger partial charge in [0.2, 0.25) is 23.7 Å². The highest BCUT2D eigenvalue weighted by molar-refractivity contribution is 6.03. The summed E-state index contributed by atoms with van der Waals surface area (Å²) in [6.45, 7) is 15.9. The summed E-state index contributed by atoms with van der Waals surface area (Å²) < 4.78 is 15.5. The highest BCUT2D eigenvalue weighted by Gasteiger charge is 2.34. The molecule has 0 aliphatic carbocycles. The van der Waals surface area contributed by atoms with Crippen molar-refractivity contribution in [2.45, 2.75) is 32.9 Å². The molecule has 8 rings (SSSR count). The maximum Gasteiger partial charge on any atom is 0.349 e. The van der Waals surface area contributed by atoms with Crippen molar-refractivity contribution in [1.82, 2.24) is 29.7 Å². The SMILES string of the molecule is C=CC(=O)Nc1cc(Nc2nccc(C3=NC(C)c4cccc[n+]43)n2)c(OC)cc1N(C)CCN(C)C.C=CC(=O)Nc1cc(Nc2nccc(C3=NC(C)c4cccc[n+]43)n2)c(OC)cc1N(C)CCN(C)C.CC#N. The molecular formula is C56H69N17O4+2. The van der Waals surface area contributed by atoms with Crippen molar-refractivity contribution in [3.05, 3.63) is 146 Å². The second kappa shape index (κ2) is 26.9. The Balaban J connectivity index is 0.000000237. The maximum absolute atomic E-state index is 12.2. The summed E-state index contributed by atoms with van der Waals surface area (Å²) in [6.07, 6.45) is 9.83. The molecule has 2 aliphatic rings. The number of amides is 2. The van der Waals surface area contributed by atoms with E-state index < -0.39 is 0 Å². The molecule has 0 radical (unpaired) electrons. The average Bonchev–Trinajstić information content (AvgIpc) is 3.95. The summed E-state index contributed by atoms with van der Waals surface area (Å²) in [5.41, 5.74) is 7.67. The van der Waals surface area contributed by atoms with E-state index >= 15 is 0 Å². The molecule has 0 spiro atoms. The van der Waals surface area contributed by atoms with E-state index in [1.54, 1.807) is 32.7 Å². The number of aliphatic imine (C=N–C) groups is 2. The van der Waals surface area contributed by atoms with Crippen molar-refractivity contribution >= 4 is 69.5 Å². The molecule has 0 fully saturated rings. The number of nitrogens with zero attached hydrogens (tertiary/aromatic N) is 13. The Kier molecular flexibility index (Phi) is 20.0. The lowest BCUT2D eigenvalue weighted by Crippen LogP contribution is -2.43. The lowest BCUT2D eigenvalue weighted by molar-refractivity contribution is -0.558. The second-order valence-electron chi connectivity index (χ2n) is 18.2. The monoisotopic (exact) mass is 1040 g/mol. The first-order valence-electron chi connectivity index (χ1n) is 24.7. The number of likely N-dealkylation sites (N-methyl/N-ethyl adjacent to an activating group) is 4. The van der Waals surface area contributed by atoms with Crippen LogP contribution < -0.4 is 49.7 Å². The van der Waals surface area contributed by atoms with Crippen LogP contribution >= 0.6 is 0 Å². The number of fused-ring (bicyclic) bond motifs is 2. The number of hydrogen-bond donors (Lipinski definition) is 4. The van der Waals surface area contributed by atoms with Crippen LogP contribution in [0.25, 0.3) is 0 Å². The summed E-state index contributed by atoms with van der Waals surface area (Å²) >= 11 is 0. The molecule has 0 saturated heterocycles. The molecule has 2 amide bonds. The van der Waals surface area contributed by atoms with Crippen LogP contribution in [0.4, 0.5) is 46.0 Å². The third-order valence-corrected chi connectivity index (χ3v) is 12.1. The number of rotatable bonds is 20. The lowest BCUT2D eigenvalue weighted by atomic mass is 10.2. The number of carbonyl (C=O) groups excluding carboxylic acids is 2. The molecule has 6 aromatic rings. The normalized spacial score (nSPS) is 13.7. The number of aromatic nitrogens is 6. The number of pyridine rings is 2. The Morgan fingerprint density at radius 1 is 0.636 bits per heavy atom. The largest absolute Gasteiger partial charge is 0.494 e. The predicted octanol–water partition coefficient (Wildman–Crippen LogP) is 6.55. The Bertz CT molecular complexity index is 2980. The van der Waals surface area contributed by atoms with E-state index in [0.29, 0.717) is 57.5 Å². The number of ether oxygens (including phenoxy) is 2. The number of methoxy groups -OCH3 is 2. The van der Waals surface area contributed by atoms with E-state index in [1.165, 1.54) is 19.1 Å². The number of benzene rings is 2. The maximum atomic E-state index is 12.2. The van der Waals surface area contributed by atoms with E-state index in [1.807, 2.05) is 124 Å². The second-order valence-corrected chi connectivity index (χ2v) is 18.2. The van der Waals surface area contributed by atoms with Crippen molar-refractivity contribution in [2.75, 3.05) is 114 Å². The smallest absolute Gasteiger partial charge is 0.349 e. The zero-order valence-corrected chi connectivity index (χ0v) is 45.7. The Morgan fingerprint density at radius 2 is 1.03 bits per heavy atom. The molecule has 2 atom stereocenters. The molecule has 2 aromatic carbocycles. The molecule has 4 aromatic heterocycles. The Hall–Kier alpha value is -9.13. The quantitative estimate of drug-likeness (QED) is 0.0471. The topological polar surface area (TPSA) is 222 Å². The van der Waals surface area contributed by atoms with Crippen LogP contribution in [0.3, 0.4) is 0 Å². The first-order valence-corrected chi connectivity index (χ1v) is 24.7. The summed E-state index contributed by atoms with van der Waals surface area (Å²) in [5, 5.41) is 19.6. The van der Waals surface area contributed by atoms with Gasteiger partial charge in [0.25, 0.3) is 0 Å². The third kappa shape index (κ3) is 14.6. The molecule has 6 heterocycles. The van der Waals surface area contributed by atoms with Crippen LogP contribution in [0, 0.1) is 11.3 Å². The van der Waals surface area contributed by atoms with Crippen molar-refractivity contribution in [3.63, 3.8) is 0 Å². The van der Waals surface area contributed by atoms with E-state index in [-0.39, 0.29) is 23.9 Å². The first-order chi connectivity index (χ1) is 37.0. The zero-order valence-electron chi connectivity index (χ0n) is 45.7. The fourth-order valence-electron chi connectivity index (χ4n) is 8.12. The van der Waals surface area contributed by atoms with Crippen LogP contribution in [0.15, 0.2) is 133 Å². The standard InChI is InChI=1S/2C27H32N8O2.C2H3N/c2*1-7-25(36)30-20-16-21(24(37-6)17-23(20)34(5)15-14-33(3)4)32-27-28-12-11-19(31-27)26-29-18(2)22-10-8-9-13-35(22)26;1-2-3/h2*7-13,16-18H,1,14-15H2,2-6H3,(H-,28,30,31,32,36);1H3/p+2. The molecule has 400 valence electrons. The van der Waals surface area contributed by atoms with E-state index in [2.05, 4.69) is 90.0 Å². The molecule has 21 heteroatoms. The van der Waals surface area contributed by atoms with Crippen molar-refractivity contribution in [3.8, 4) is 17.6 Å². The molecule has 2 aliphatic heterocycles. The molecule has 0 saturated carbocycles. The van der Waals surface area contributed by atoms with Crippen LogP contribution in [-0.2, 0) is 9.59 Å². The Morgan fingerprint density at radius 3 is 1.38 bits per heavy atom. The summed E-state index contributed by atoms with van der Waals surface area (Å²) in [7, 11) is 15.2. The van der Waals surface area contributed by atoms with Gasteiger partial charge in [0.05, 0.1) is 66.8 Å². The highest BCUT2D eigenvalue weighted by atomic mass is 16.5. The summed E-state index contributed by atoms with van der Waals surface area (Å²) in [5.74, 6) is 2.85. The average molecular weight is 1040 g/mol. The van der Waals surface area contributed by atoms with Gasteiger partial charge in [-0.25, -0.2) is 19.9 Å². The van der Waals surface area contributed by atoms with Gasteiger partial charge in [0.1, 0.15) is 11.5 Å². The van der Waals surface area contributed by atoms with Gasteiger partial charge in [-0.1, -0.05) is 35.3 Å². The zero-order chi connectivity index (χ0) is 55.8. The number of hydrogen-bond acceptors (Lipinski definition) is 17. The van der Waals surface area contributed by atoms with Gasteiger partial charge < -0.3 is 50.3 Å². The lowest BCUT2D eigenvalue weighted by Gasteiger charge is -2.26. The van der Waals surface area contributed by atoms with Gasteiger partial charge >= 0.3 is 11.7 Å². The van der Waals surface area contributed by atoms with Crippen LogP contribution in [0.1, 0.15) is 55.6 Å². The van der Waals surface area contributed by atoms with Crippen molar-refractivity contribution in [2.24, 2.45) is 9.98 Å². The van der Waals surface area contributed by atoms with Gasteiger partial charge in [-0.2, -0.15) is 14.4 Å². The van der Waals surface area contributed by atoms with Gasteiger partial charge in [-0.15, -0.1) is 0 Å². The van der Waals surface area contributed by atoms with E-state index in [9.17, 15) is 9.59 Å². The van der Waals surface area contributed by atoms with Crippen molar-refractivity contribution in [1.29, 1.82) is 5.26 Å². The molecule has 4 N–H and O–H groups in total. The first kappa shape index (κ1) is 57.2. The fraction of sp³-hybridized carbons (Fsp3) is 0.304. The number of carbonyl (C=O) groups is 2. The van der Waals surface area contributed by atoms with Crippen molar-refractivity contribution < 1.29 is 28.2 Å². The third-order valence-electron chi connectivity index (χ3n) is 12.1. The summed E-state index contributed by atoms with van der Waals surface area (Å²) in [4.78, 5) is 60.6. The number of nitriles is 1. The molecule has 0 bridgehead atoms. The summed E-state index contributed by atoms with van der Waals surface area (Å²) in [6, 6.07) is 25.0. The van der Waals surface area contributed by atoms with Crippen LogP contribution in [0.5, 0.6) is 11.5 Å². The minimum atomic E-state index is -0.305.